The van der Waals surface area contributed by atoms with Gasteiger partial charge >= 0.3 is 0 Å². The maximum Gasteiger partial charge on any atom is 0.225 e. The second-order valence-electron chi connectivity index (χ2n) is 4.49. The summed E-state index contributed by atoms with van der Waals surface area (Å²) in [6, 6.07) is 13.6. The first-order chi connectivity index (χ1) is 10.1. The fourth-order valence-corrected chi connectivity index (χ4v) is 2.85. The molecule has 0 bridgehead atoms. The molecule has 2 aromatic carbocycles. The zero-order chi connectivity index (χ0) is 15.1. The van der Waals surface area contributed by atoms with Crippen molar-refractivity contribution in [2.75, 3.05) is 11.1 Å². The number of carbonyl (C=O) groups is 1. The SMILES string of the molecule is O=C(CCSCc1cccc(F)c1)Nc1cccc(Cl)c1. The van der Waals surface area contributed by atoms with Crippen LogP contribution in [0.3, 0.4) is 0 Å². The lowest BCUT2D eigenvalue weighted by Crippen LogP contribution is -2.12. The van der Waals surface area contributed by atoms with Crippen LogP contribution in [0.1, 0.15) is 12.0 Å². The van der Waals surface area contributed by atoms with Gasteiger partial charge < -0.3 is 5.32 Å². The van der Waals surface area contributed by atoms with Gasteiger partial charge in [0.15, 0.2) is 0 Å². The van der Waals surface area contributed by atoms with E-state index >= 15 is 0 Å². The molecule has 0 aliphatic heterocycles. The molecule has 0 saturated carbocycles. The molecule has 0 aliphatic rings. The van der Waals surface area contributed by atoms with Crippen LogP contribution in [0.15, 0.2) is 48.5 Å². The van der Waals surface area contributed by atoms with E-state index in [4.69, 9.17) is 11.6 Å². The Bertz CT molecular complexity index is 621. The van der Waals surface area contributed by atoms with Gasteiger partial charge in [0, 0.05) is 28.6 Å². The van der Waals surface area contributed by atoms with Crippen molar-refractivity contribution in [2.24, 2.45) is 0 Å². The smallest absolute Gasteiger partial charge is 0.225 e. The van der Waals surface area contributed by atoms with E-state index < -0.39 is 0 Å². The van der Waals surface area contributed by atoms with Crippen LogP contribution in [0.2, 0.25) is 5.02 Å². The van der Waals surface area contributed by atoms with E-state index in [1.54, 1.807) is 42.1 Å². The monoisotopic (exact) mass is 323 g/mol. The predicted molar refractivity (Wildman–Crippen MR) is 87.3 cm³/mol. The Morgan fingerprint density at radius 2 is 2.00 bits per heavy atom. The number of rotatable bonds is 6. The normalized spacial score (nSPS) is 10.4. The minimum absolute atomic E-state index is 0.0518. The summed E-state index contributed by atoms with van der Waals surface area (Å²) >= 11 is 7.45. The molecule has 1 N–H and O–H groups in total. The Morgan fingerprint density at radius 3 is 2.76 bits per heavy atom. The summed E-state index contributed by atoms with van der Waals surface area (Å²) in [6.45, 7) is 0. The number of hydrogen-bond acceptors (Lipinski definition) is 2. The van der Waals surface area contributed by atoms with Crippen LogP contribution in [0.4, 0.5) is 10.1 Å². The molecule has 0 radical (unpaired) electrons. The molecule has 5 heteroatoms. The number of amides is 1. The molecule has 0 unspecified atom stereocenters. The van der Waals surface area contributed by atoms with E-state index in [9.17, 15) is 9.18 Å². The summed E-state index contributed by atoms with van der Waals surface area (Å²) < 4.78 is 13.0. The molecular formula is C16H15ClFNOS. The number of anilines is 1. The number of carbonyl (C=O) groups excluding carboxylic acids is 1. The lowest BCUT2D eigenvalue weighted by atomic mass is 10.2. The van der Waals surface area contributed by atoms with Gasteiger partial charge in [-0.3, -0.25) is 4.79 Å². The van der Waals surface area contributed by atoms with Gasteiger partial charge in [0.25, 0.3) is 0 Å². The maximum absolute atomic E-state index is 13.0. The molecule has 21 heavy (non-hydrogen) atoms. The Hall–Kier alpha value is -1.52. The van der Waals surface area contributed by atoms with E-state index in [1.807, 2.05) is 6.07 Å². The third-order valence-corrected chi connectivity index (χ3v) is 4.00. The highest BCUT2D eigenvalue weighted by Gasteiger charge is 2.03. The van der Waals surface area contributed by atoms with Crippen LogP contribution in [0.25, 0.3) is 0 Å². The molecule has 1 amide bonds. The molecule has 0 aromatic heterocycles. The van der Waals surface area contributed by atoms with Crippen molar-refractivity contribution in [3.63, 3.8) is 0 Å². The second kappa shape index (κ2) is 8.05. The standard InChI is InChI=1S/C16H15ClFNOS/c17-13-4-2-6-15(10-13)19-16(20)7-8-21-11-12-3-1-5-14(18)9-12/h1-6,9-10H,7-8,11H2,(H,19,20). The number of nitrogens with one attached hydrogen (secondary N) is 1. The van der Waals surface area contributed by atoms with E-state index in [2.05, 4.69) is 5.32 Å². The fraction of sp³-hybridized carbons (Fsp3) is 0.188. The van der Waals surface area contributed by atoms with Crippen molar-refractivity contribution < 1.29 is 9.18 Å². The maximum atomic E-state index is 13.0. The van der Waals surface area contributed by atoms with Crippen molar-refractivity contribution >= 4 is 35.0 Å². The van der Waals surface area contributed by atoms with Crippen molar-refractivity contribution in [3.05, 3.63) is 64.9 Å². The topological polar surface area (TPSA) is 29.1 Å². The van der Waals surface area contributed by atoms with Crippen LogP contribution >= 0.6 is 23.4 Å². The Kier molecular flexibility index (Phi) is 6.08. The number of benzene rings is 2. The highest BCUT2D eigenvalue weighted by molar-refractivity contribution is 7.98. The van der Waals surface area contributed by atoms with Gasteiger partial charge in [0.1, 0.15) is 5.82 Å². The van der Waals surface area contributed by atoms with Gasteiger partial charge in [0.2, 0.25) is 5.91 Å². The minimum Gasteiger partial charge on any atom is -0.326 e. The quantitative estimate of drug-likeness (QED) is 0.778. The molecule has 0 atom stereocenters. The summed E-state index contributed by atoms with van der Waals surface area (Å²) in [5.74, 6) is 1.10. The number of halogens is 2. The Morgan fingerprint density at radius 1 is 1.19 bits per heavy atom. The lowest BCUT2D eigenvalue weighted by Gasteiger charge is -2.05. The minimum atomic E-state index is -0.230. The molecule has 110 valence electrons. The summed E-state index contributed by atoms with van der Waals surface area (Å²) in [6.07, 6.45) is 0.409. The van der Waals surface area contributed by atoms with Crippen LogP contribution in [-0.2, 0) is 10.5 Å². The van der Waals surface area contributed by atoms with Crippen LogP contribution in [0.5, 0.6) is 0 Å². The van der Waals surface area contributed by atoms with Crippen molar-refractivity contribution in [1.82, 2.24) is 0 Å². The summed E-state index contributed by atoms with van der Waals surface area (Å²) in [5, 5.41) is 3.38. The van der Waals surface area contributed by atoms with Gasteiger partial charge in [0.05, 0.1) is 0 Å². The molecule has 2 nitrogen and oxygen atoms in total. The number of hydrogen-bond donors (Lipinski definition) is 1. The van der Waals surface area contributed by atoms with E-state index in [1.165, 1.54) is 12.1 Å². The van der Waals surface area contributed by atoms with Crippen molar-refractivity contribution in [2.45, 2.75) is 12.2 Å². The largest absolute Gasteiger partial charge is 0.326 e. The molecule has 0 fully saturated rings. The van der Waals surface area contributed by atoms with Crippen LogP contribution in [0, 0.1) is 5.82 Å². The molecular weight excluding hydrogens is 309 g/mol. The molecule has 0 spiro atoms. The van der Waals surface area contributed by atoms with Crippen LogP contribution < -0.4 is 5.32 Å². The molecule has 0 heterocycles. The van der Waals surface area contributed by atoms with Gasteiger partial charge in [-0.2, -0.15) is 11.8 Å². The first-order valence-corrected chi connectivity index (χ1v) is 8.04. The van der Waals surface area contributed by atoms with Gasteiger partial charge in [-0.15, -0.1) is 0 Å². The summed E-state index contributed by atoms with van der Waals surface area (Å²) in [4.78, 5) is 11.8. The van der Waals surface area contributed by atoms with E-state index in [0.717, 1.165) is 5.56 Å². The summed E-state index contributed by atoms with van der Waals surface area (Å²) in [5.41, 5.74) is 1.62. The third-order valence-electron chi connectivity index (χ3n) is 2.74. The molecule has 2 rings (SSSR count). The Balaban J connectivity index is 1.70. The van der Waals surface area contributed by atoms with Gasteiger partial charge in [-0.1, -0.05) is 29.8 Å². The summed E-state index contributed by atoms with van der Waals surface area (Å²) in [7, 11) is 0. The molecule has 0 aliphatic carbocycles. The van der Waals surface area contributed by atoms with Crippen molar-refractivity contribution in [1.29, 1.82) is 0 Å². The molecule has 2 aromatic rings. The zero-order valence-electron chi connectivity index (χ0n) is 11.3. The highest BCUT2D eigenvalue weighted by Crippen LogP contribution is 2.17. The van der Waals surface area contributed by atoms with Crippen LogP contribution in [-0.4, -0.2) is 11.7 Å². The number of thioether (sulfide) groups is 1. The fourth-order valence-electron chi connectivity index (χ4n) is 1.77. The van der Waals surface area contributed by atoms with Gasteiger partial charge in [-0.05, 0) is 35.9 Å². The average Bonchev–Trinajstić information content (AvgIpc) is 2.44. The van der Waals surface area contributed by atoms with E-state index in [0.29, 0.717) is 28.6 Å². The average molecular weight is 324 g/mol. The molecule has 0 saturated heterocycles. The zero-order valence-corrected chi connectivity index (χ0v) is 12.9. The predicted octanol–water partition coefficient (Wildman–Crippen LogP) is 4.74. The Labute approximate surface area is 132 Å². The van der Waals surface area contributed by atoms with Gasteiger partial charge in [-0.25, -0.2) is 4.39 Å². The second-order valence-corrected chi connectivity index (χ2v) is 6.03. The highest BCUT2D eigenvalue weighted by atomic mass is 35.5. The lowest BCUT2D eigenvalue weighted by molar-refractivity contribution is -0.115. The first-order valence-electron chi connectivity index (χ1n) is 6.51. The third kappa shape index (κ3) is 5.78. The van der Waals surface area contributed by atoms with Crippen molar-refractivity contribution in [3.8, 4) is 0 Å². The first kappa shape index (κ1) is 15.9. The van der Waals surface area contributed by atoms with E-state index in [-0.39, 0.29) is 11.7 Å².